The topological polar surface area (TPSA) is 3.24 Å². The van der Waals surface area contributed by atoms with Crippen LogP contribution in [0.15, 0.2) is 0 Å². The van der Waals surface area contributed by atoms with E-state index in [9.17, 15) is 0 Å². The molecule has 0 bridgehead atoms. The Labute approximate surface area is 110 Å². The maximum Gasteiger partial charge on any atom is 0.0204 e. The van der Waals surface area contributed by atoms with Crippen LogP contribution in [0, 0.1) is 0 Å². The Hall–Kier alpha value is -0.0400. The lowest BCUT2D eigenvalue weighted by Gasteiger charge is -2.44. The molecule has 0 aromatic heterocycles. The molecule has 1 heteroatoms. The first-order chi connectivity index (χ1) is 8.20. The zero-order valence-electron chi connectivity index (χ0n) is 13.0. The standard InChI is InChI=1S/C16H35N/c1-6-11-14-17(15-12-7-2)16(9-4,10-5)13-8-3/h6-15H2,1-5H3. The van der Waals surface area contributed by atoms with E-state index in [4.69, 9.17) is 0 Å². The van der Waals surface area contributed by atoms with Gasteiger partial charge >= 0.3 is 0 Å². The van der Waals surface area contributed by atoms with E-state index in [1.54, 1.807) is 0 Å². The molecule has 0 aromatic rings. The van der Waals surface area contributed by atoms with Gasteiger partial charge < -0.3 is 0 Å². The van der Waals surface area contributed by atoms with Gasteiger partial charge in [-0.05, 0) is 45.2 Å². The van der Waals surface area contributed by atoms with Crippen LogP contribution in [0.25, 0.3) is 0 Å². The van der Waals surface area contributed by atoms with Crippen LogP contribution in [-0.2, 0) is 0 Å². The molecule has 0 fully saturated rings. The molecule has 0 aliphatic heterocycles. The fourth-order valence-electron chi connectivity index (χ4n) is 2.96. The van der Waals surface area contributed by atoms with E-state index in [0.29, 0.717) is 5.54 Å². The Morgan fingerprint density at radius 1 is 0.706 bits per heavy atom. The first-order valence-electron chi connectivity index (χ1n) is 7.95. The summed E-state index contributed by atoms with van der Waals surface area (Å²) < 4.78 is 0. The van der Waals surface area contributed by atoms with Crippen LogP contribution >= 0.6 is 0 Å². The summed E-state index contributed by atoms with van der Waals surface area (Å²) in [4.78, 5) is 2.81. The van der Waals surface area contributed by atoms with E-state index in [1.165, 1.54) is 64.5 Å². The molecule has 0 aromatic carbocycles. The van der Waals surface area contributed by atoms with Crippen molar-refractivity contribution in [2.24, 2.45) is 0 Å². The van der Waals surface area contributed by atoms with E-state index in [2.05, 4.69) is 39.5 Å². The van der Waals surface area contributed by atoms with Crippen molar-refractivity contribution in [1.29, 1.82) is 0 Å². The molecule has 17 heavy (non-hydrogen) atoms. The fourth-order valence-corrected chi connectivity index (χ4v) is 2.96. The number of rotatable bonds is 11. The molecule has 104 valence electrons. The Morgan fingerprint density at radius 2 is 1.18 bits per heavy atom. The maximum absolute atomic E-state index is 2.81. The molecular formula is C16H35N. The van der Waals surface area contributed by atoms with Crippen LogP contribution in [0.2, 0.25) is 0 Å². The molecule has 1 nitrogen and oxygen atoms in total. The highest BCUT2D eigenvalue weighted by atomic mass is 15.2. The molecule has 0 radical (unpaired) electrons. The average molecular weight is 241 g/mol. The van der Waals surface area contributed by atoms with Crippen molar-refractivity contribution in [2.45, 2.75) is 91.5 Å². The summed E-state index contributed by atoms with van der Waals surface area (Å²) >= 11 is 0. The van der Waals surface area contributed by atoms with Crippen LogP contribution in [0.1, 0.15) is 86.0 Å². The van der Waals surface area contributed by atoms with E-state index in [0.717, 1.165) is 0 Å². The third-order valence-electron chi connectivity index (χ3n) is 4.27. The molecule has 0 saturated carbocycles. The van der Waals surface area contributed by atoms with Crippen LogP contribution in [0.5, 0.6) is 0 Å². The maximum atomic E-state index is 2.81. The molecule has 0 spiro atoms. The third kappa shape index (κ3) is 5.42. The minimum Gasteiger partial charge on any atom is -0.298 e. The lowest BCUT2D eigenvalue weighted by atomic mass is 9.85. The molecule has 0 unspecified atom stereocenters. The van der Waals surface area contributed by atoms with Gasteiger partial charge in [-0.1, -0.05) is 53.9 Å². The van der Waals surface area contributed by atoms with Gasteiger partial charge in [-0.25, -0.2) is 0 Å². The van der Waals surface area contributed by atoms with Crippen molar-refractivity contribution in [1.82, 2.24) is 4.90 Å². The summed E-state index contributed by atoms with van der Waals surface area (Å²) in [6.45, 7) is 14.3. The third-order valence-corrected chi connectivity index (χ3v) is 4.27. The molecule has 0 atom stereocenters. The van der Waals surface area contributed by atoms with Gasteiger partial charge in [0.1, 0.15) is 0 Å². The zero-order chi connectivity index (χ0) is 13.1. The molecule has 0 aliphatic carbocycles. The van der Waals surface area contributed by atoms with Crippen molar-refractivity contribution in [3.8, 4) is 0 Å². The number of nitrogens with zero attached hydrogens (tertiary/aromatic N) is 1. The van der Waals surface area contributed by atoms with Crippen LogP contribution in [0.4, 0.5) is 0 Å². The highest BCUT2D eigenvalue weighted by Gasteiger charge is 2.31. The Morgan fingerprint density at radius 3 is 1.47 bits per heavy atom. The van der Waals surface area contributed by atoms with Gasteiger partial charge in [0.05, 0.1) is 0 Å². The smallest absolute Gasteiger partial charge is 0.0204 e. The van der Waals surface area contributed by atoms with Crippen LogP contribution in [0.3, 0.4) is 0 Å². The minimum absolute atomic E-state index is 0.485. The SMILES string of the molecule is CCCCN(CCCC)C(CC)(CC)CCC. The van der Waals surface area contributed by atoms with Gasteiger partial charge in [0.15, 0.2) is 0 Å². The van der Waals surface area contributed by atoms with E-state index in [-0.39, 0.29) is 0 Å². The van der Waals surface area contributed by atoms with E-state index < -0.39 is 0 Å². The minimum atomic E-state index is 0.485. The summed E-state index contributed by atoms with van der Waals surface area (Å²) in [6, 6.07) is 0. The first-order valence-corrected chi connectivity index (χ1v) is 7.95. The fraction of sp³-hybridized carbons (Fsp3) is 1.00. The van der Waals surface area contributed by atoms with Crippen LogP contribution in [-0.4, -0.2) is 23.5 Å². The second-order valence-electron chi connectivity index (χ2n) is 5.38. The first kappa shape index (κ1) is 17.0. The Bertz CT molecular complexity index is 153. The second kappa shape index (κ2) is 9.94. The number of hydrogen-bond donors (Lipinski definition) is 0. The number of hydrogen-bond acceptors (Lipinski definition) is 1. The van der Waals surface area contributed by atoms with E-state index >= 15 is 0 Å². The quantitative estimate of drug-likeness (QED) is 0.477. The van der Waals surface area contributed by atoms with Gasteiger partial charge in [-0.3, -0.25) is 4.90 Å². The van der Waals surface area contributed by atoms with Gasteiger partial charge in [0, 0.05) is 5.54 Å². The van der Waals surface area contributed by atoms with Crippen molar-refractivity contribution < 1.29 is 0 Å². The lowest BCUT2D eigenvalue weighted by Crippen LogP contribution is -2.48. The lowest BCUT2D eigenvalue weighted by molar-refractivity contribution is 0.0650. The van der Waals surface area contributed by atoms with Crippen molar-refractivity contribution in [3.05, 3.63) is 0 Å². The highest BCUT2D eigenvalue weighted by Crippen LogP contribution is 2.30. The largest absolute Gasteiger partial charge is 0.298 e. The van der Waals surface area contributed by atoms with Gasteiger partial charge in [-0.2, -0.15) is 0 Å². The molecule has 0 aliphatic rings. The molecule has 0 rings (SSSR count). The average Bonchev–Trinajstić information content (AvgIpc) is 2.37. The predicted molar refractivity (Wildman–Crippen MR) is 79.6 cm³/mol. The molecule has 0 amide bonds. The van der Waals surface area contributed by atoms with Crippen LogP contribution < -0.4 is 0 Å². The van der Waals surface area contributed by atoms with Gasteiger partial charge in [0.2, 0.25) is 0 Å². The summed E-state index contributed by atoms with van der Waals surface area (Å²) in [5, 5.41) is 0. The molecule has 0 saturated heterocycles. The monoisotopic (exact) mass is 241 g/mol. The summed E-state index contributed by atoms with van der Waals surface area (Å²) in [6.07, 6.45) is 10.7. The Kier molecular flexibility index (Phi) is 9.91. The summed E-state index contributed by atoms with van der Waals surface area (Å²) in [7, 11) is 0. The second-order valence-corrected chi connectivity index (χ2v) is 5.38. The van der Waals surface area contributed by atoms with Crippen molar-refractivity contribution in [3.63, 3.8) is 0 Å². The Balaban J connectivity index is 4.64. The van der Waals surface area contributed by atoms with Crippen molar-refractivity contribution >= 4 is 0 Å². The van der Waals surface area contributed by atoms with Gasteiger partial charge in [-0.15, -0.1) is 0 Å². The normalized spacial score (nSPS) is 12.4. The predicted octanol–water partition coefficient (Wildman–Crippen LogP) is 5.25. The molecule has 0 N–H and O–H groups in total. The molecule has 0 heterocycles. The summed E-state index contributed by atoms with van der Waals surface area (Å²) in [5.74, 6) is 0. The van der Waals surface area contributed by atoms with Crippen molar-refractivity contribution in [2.75, 3.05) is 13.1 Å². The van der Waals surface area contributed by atoms with E-state index in [1.807, 2.05) is 0 Å². The molecular weight excluding hydrogens is 206 g/mol. The summed E-state index contributed by atoms with van der Waals surface area (Å²) in [5.41, 5.74) is 0.485. The zero-order valence-corrected chi connectivity index (χ0v) is 13.0. The number of unbranched alkanes of at least 4 members (excludes halogenated alkanes) is 2. The van der Waals surface area contributed by atoms with Gasteiger partial charge in [0.25, 0.3) is 0 Å². The highest BCUT2D eigenvalue weighted by molar-refractivity contribution is 4.88.